The van der Waals surface area contributed by atoms with E-state index in [4.69, 9.17) is 0 Å². The lowest BCUT2D eigenvalue weighted by molar-refractivity contribution is 0.264. The first-order chi connectivity index (χ1) is 9.31. The molecule has 1 saturated heterocycles. The number of H-pyrrole nitrogens is 1. The molecule has 0 bridgehead atoms. The minimum absolute atomic E-state index is 0.553. The maximum atomic E-state index is 4.31. The van der Waals surface area contributed by atoms with Gasteiger partial charge in [0, 0.05) is 35.8 Å². The number of anilines is 1. The van der Waals surface area contributed by atoms with Gasteiger partial charge >= 0.3 is 0 Å². The van der Waals surface area contributed by atoms with E-state index in [9.17, 15) is 0 Å². The highest BCUT2D eigenvalue weighted by Crippen LogP contribution is 2.22. The molecule has 0 spiro atoms. The first-order valence-electron chi connectivity index (χ1n) is 6.70. The van der Waals surface area contributed by atoms with E-state index >= 15 is 0 Å². The third kappa shape index (κ3) is 2.93. The van der Waals surface area contributed by atoms with Crippen LogP contribution in [0, 0.1) is 0 Å². The molecule has 0 amide bonds. The highest BCUT2D eigenvalue weighted by atomic mass is 15.1. The molecule has 100 valence electrons. The van der Waals surface area contributed by atoms with Crippen LogP contribution in [-0.4, -0.2) is 46.3 Å². The maximum absolute atomic E-state index is 4.31. The smallest absolute Gasteiger partial charge is 0.0566 e. The van der Waals surface area contributed by atoms with Gasteiger partial charge in [-0.2, -0.15) is 5.10 Å². The molecule has 0 atom stereocenters. The average Bonchev–Trinajstić information content (AvgIpc) is 2.96. The third-order valence-corrected chi connectivity index (χ3v) is 3.66. The van der Waals surface area contributed by atoms with Crippen LogP contribution in [0.15, 0.2) is 30.9 Å². The van der Waals surface area contributed by atoms with Crippen LogP contribution in [0.25, 0.3) is 11.1 Å². The van der Waals surface area contributed by atoms with E-state index in [1.54, 1.807) is 0 Å². The molecular formula is C14H19N5. The fourth-order valence-corrected chi connectivity index (χ4v) is 2.47. The van der Waals surface area contributed by atoms with E-state index in [-0.39, 0.29) is 0 Å². The van der Waals surface area contributed by atoms with Crippen molar-refractivity contribution >= 4 is 5.69 Å². The van der Waals surface area contributed by atoms with Crippen LogP contribution in [-0.2, 0) is 0 Å². The predicted octanol–water partition coefficient (Wildman–Crippen LogP) is 1.98. The maximum Gasteiger partial charge on any atom is 0.0566 e. The van der Waals surface area contributed by atoms with Crippen molar-refractivity contribution in [1.29, 1.82) is 0 Å². The Balaban J connectivity index is 1.70. The van der Waals surface area contributed by atoms with Crippen molar-refractivity contribution in [3.63, 3.8) is 0 Å². The molecule has 19 heavy (non-hydrogen) atoms. The van der Waals surface area contributed by atoms with Gasteiger partial charge in [0.1, 0.15) is 0 Å². The summed E-state index contributed by atoms with van der Waals surface area (Å²) in [5.41, 5.74) is 3.25. The molecule has 0 aromatic carbocycles. The van der Waals surface area contributed by atoms with Crippen molar-refractivity contribution in [1.82, 2.24) is 20.1 Å². The highest BCUT2D eigenvalue weighted by molar-refractivity contribution is 5.65. The molecule has 2 aromatic rings. The number of pyridine rings is 1. The van der Waals surface area contributed by atoms with Gasteiger partial charge in [-0.05, 0) is 39.0 Å². The summed E-state index contributed by atoms with van der Waals surface area (Å²) >= 11 is 0. The Morgan fingerprint density at radius 1 is 1.21 bits per heavy atom. The second kappa shape index (κ2) is 5.40. The minimum atomic E-state index is 0.553. The van der Waals surface area contributed by atoms with Gasteiger partial charge in [0.25, 0.3) is 0 Å². The zero-order valence-corrected chi connectivity index (χ0v) is 11.1. The highest BCUT2D eigenvalue weighted by Gasteiger charge is 2.16. The number of nitrogens with zero attached hydrogens (tertiary/aromatic N) is 3. The quantitative estimate of drug-likeness (QED) is 0.882. The van der Waals surface area contributed by atoms with Crippen molar-refractivity contribution in [3.8, 4) is 11.1 Å². The Labute approximate surface area is 113 Å². The number of hydrogen-bond acceptors (Lipinski definition) is 4. The molecule has 5 heteroatoms. The predicted molar refractivity (Wildman–Crippen MR) is 76.0 cm³/mol. The molecule has 2 N–H and O–H groups in total. The van der Waals surface area contributed by atoms with Gasteiger partial charge in [-0.3, -0.25) is 10.1 Å². The van der Waals surface area contributed by atoms with Crippen LogP contribution < -0.4 is 5.32 Å². The number of rotatable bonds is 3. The van der Waals surface area contributed by atoms with Gasteiger partial charge in [0.05, 0.1) is 11.9 Å². The van der Waals surface area contributed by atoms with Crippen LogP contribution >= 0.6 is 0 Å². The molecule has 0 aliphatic carbocycles. The van der Waals surface area contributed by atoms with Crippen molar-refractivity contribution in [3.05, 3.63) is 30.9 Å². The summed E-state index contributed by atoms with van der Waals surface area (Å²) in [5, 5.41) is 10.4. The summed E-state index contributed by atoms with van der Waals surface area (Å²) < 4.78 is 0. The Morgan fingerprint density at radius 3 is 2.79 bits per heavy atom. The van der Waals surface area contributed by atoms with Crippen LogP contribution in [0.3, 0.4) is 0 Å². The van der Waals surface area contributed by atoms with Gasteiger partial charge in [-0.1, -0.05) is 0 Å². The molecule has 3 heterocycles. The topological polar surface area (TPSA) is 56.8 Å². The summed E-state index contributed by atoms with van der Waals surface area (Å²) in [4.78, 5) is 6.68. The van der Waals surface area contributed by atoms with Crippen LogP contribution in [0.4, 0.5) is 5.69 Å². The van der Waals surface area contributed by atoms with Gasteiger partial charge in [-0.25, -0.2) is 0 Å². The lowest BCUT2D eigenvalue weighted by Crippen LogP contribution is -2.36. The van der Waals surface area contributed by atoms with E-state index in [0.717, 1.165) is 29.9 Å². The monoisotopic (exact) mass is 257 g/mol. The molecule has 0 saturated carbocycles. The lowest BCUT2D eigenvalue weighted by Gasteiger charge is -2.30. The van der Waals surface area contributed by atoms with Gasteiger partial charge in [0.2, 0.25) is 0 Å². The molecule has 1 aliphatic rings. The summed E-state index contributed by atoms with van der Waals surface area (Å²) in [7, 11) is 2.18. The molecule has 1 fully saturated rings. The number of piperidine rings is 1. The zero-order chi connectivity index (χ0) is 13.1. The minimum Gasteiger partial charge on any atom is -0.381 e. The van der Waals surface area contributed by atoms with E-state index in [0.29, 0.717) is 6.04 Å². The van der Waals surface area contributed by atoms with Crippen molar-refractivity contribution in [2.45, 2.75) is 18.9 Å². The van der Waals surface area contributed by atoms with Crippen LogP contribution in [0.1, 0.15) is 12.8 Å². The van der Waals surface area contributed by atoms with E-state index < -0.39 is 0 Å². The average molecular weight is 257 g/mol. The Bertz CT molecular complexity index is 514. The van der Waals surface area contributed by atoms with Gasteiger partial charge < -0.3 is 10.2 Å². The van der Waals surface area contributed by atoms with Gasteiger partial charge in [0.15, 0.2) is 0 Å². The summed E-state index contributed by atoms with van der Waals surface area (Å²) in [5.74, 6) is 0. The van der Waals surface area contributed by atoms with Crippen molar-refractivity contribution < 1.29 is 0 Å². The van der Waals surface area contributed by atoms with E-state index in [1.807, 2.05) is 24.8 Å². The first-order valence-corrected chi connectivity index (χ1v) is 6.70. The third-order valence-electron chi connectivity index (χ3n) is 3.66. The number of hydrogen-bond donors (Lipinski definition) is 2. The van der Waals surface area contributed by atoms with Crippen LogP contribution in [0.2, 0.25) is 0 Å². The molecule has 5 nitrogen and oxygen atoms in total. The second-order valence-electron chi connectivity index (χ2n) is 5.17. The van der Waals surface area contributed by atoms with Gasteiger partial charge in [-0.15, -0.1) is 0 Å². The molecule has 0 unspecified atom stereocenters. The van der Waals surface area contributed by atoms with Crippen LogP contribution in [0.5, 0.6) is 0 Å². The molecule has 1 aliphatic heterocycles. The fourth-order valence-electron chi connectivity index (χ4n) is 2.47. The molecule has 0 radical (unpaired) electrons. The Morgan fingerprint density at radius 2 is 2.05 bits per heavy atom. The van der Waals surface area contributed by atoms with E-state index in [1.165, 1.54) is 12.8 Å². The number of aromatic nitrogens is 3. The Hall–Kier alpha value is -1.88. The second-order valence-corrected chi connectivity index (χ2v) is 5.17. The standard InChI is InChI=1S/C14H19N5/c1-19-4-2-13(3-5-19)18-14-6-11(7-15-10-14)12-8-16-17-9-12/h6-10,13,18H,2-5H2,1H3,(H,16,17). The molecule has 3 rings (SSSR count). The summed E-state index contributed by atoms with van der Waals surface area (Å²) in [6, 6.07) is 2.69. The largest absolute Gasteiger partial charge is 0.381 e. The number of nitrogens with one attached hydrogen (secondary N) is 2. The number of likely N-dealkylation sites (tertiary alicyclic amines) is 1. The molecule has 2 aromatic heterocycles. The normalized spacial score (nSPS) is 17.5. The number of aromatic amines is 1. The molecular weight excluding hydrogens is 238 g/mol. The first kappa shape index (κ1) is 12.2. The summed E-state index contributed by atoms with van der Waals surface area (Å²) in [6.45, 7) is 2.32. The van der Waals surface area contributed by atoms with Crippen molar-refractivity contribution in [2.24, 2.45) is 0 Å². The summed E-state index contributed by atoms with van der Waals surface area (Å²) in [6.07, 6.45) is 9.83. The fraction of sp³-hybridized carbons (Fsp3) is 0.429. The SMILES string of the molecule is CN1CCC(Nc2cncc(-c3cn[nH]c3)c2)CC1. The van der Waals surface area contributed by atoms with Crippen molar-refractivity contribution in [2.75, 3.05) is 25.5 Å². The lowest BCUT2D eigenvalue weighted by atomic mass is 10.0. The Kier molecular flexibility index (Phi) is 3.46. The zero-order valence-electron chi connectivity index (χ0n) is 11.1. The van der Waals surface area contributed by atoms with E-state index in [2.05, 4.69) is 38.5 Å².